The van der Waals surface area contributed by atoms with E-state index in [2.05, 4.69) is 15.2 Å². The summed E-state index contributed by atoms with van der Waals surface area (Å²) in [6, 6.07) is 15.6. The van der Waals surface area contributed by atoms with Gasteiger partial charge in [-0.2, -0.15) is 0 Å². The molecule has 2 heterocycles. The number of nitrogens with one attached hydrogen (secondary N) is 1. The molecule has 0 saturated carbocycles. The Bertz CT molecular complexity index is 1190. The van der Waals surface area contributed by atoms with Gasteiger partial charge in [-0.1, -0.05) is 42.1 Å². The zero-order valence-electron chi connectivity index (χ0n) is 16.8. The number of hydrogen-bond donors (Lipinski definition) is 1. The fourth-order valence-electron chi connectivity index (χ4n) is 3.49. The van der Waals surface area contributed by atoms with Crippen LogP contribution in [0.2, 0.25) is 0 Å². The first-order valence-corrected chi connectivity index (χ1v) is 10.2. The van der Waals surface area contributed by atoms with Crippen molar-refractivity contribution in [3.63, 3.8) is 0 Å². The highest BCUT2D eigenvalue weighted by atomic mass is 32.2. The molecule has 0 amide bonds. The van der Waals surface area contributed by atoms with E-state index >= 15 is 0 Å². The topological polar surface area (TPSA) is 72.8 Å². The maximum Gasteiger partial charge on any atom is 0.191 e. The largest absolute Gasteiger partial charge is 0.496 e. The van der Waals surface area contributed by atoms with E-state index < -0.39 is 0 Å². The predicted molar refractivity (Wildman–Crippen MR) is 116 cm³/mol. The summed E-state index contributed by atoms with van der Waals surface area (Å²) in [5.41, 5.74) is 3.47. The third kappa shape index (κ3) is 3.42. The quantitative estimate of drug-likeness (QED) is 0.373. The SMILES string of the molecule is COc1ccccc1-c1nnc(S[C@H](C)C(=O)c2c(C)[nH]c3ccccc23)n1C. The lowest BCUT2D eigenvalue weighted by Gasteiger charge is -2.11. The Morgan fingerprint density at radius 3 is 2.66 bits per heavy atom. The molecule has 6 nitrogen and oxygen atoms in total. The molecule has 148 valence electrons. The lowest BCUT2D eigenvalue weighted by atomic mass is 10.1. The van der Waals surface area contributed by atoms with Crippen molar-refractivity contribution in [3.8, 4) is 17.1 Å². The van der Waals surface area contributed by atoms with Crippen molar-refractivity contribution in [3.05, 3.63) is 59.8 Å². The van der Waals surface area contributed by atoms with Crippen molar-refractivity contribution in [2.75, 3.05) is 7.11 Å². The van der Waals surface area contributed by atoms with Crippen LogP contribution in [0.3, 0.4) is 0 Å². The average Bonchev–Trinajstić information content (AvgIpc) is 3.26. The van der Waals surface area contributed by atoms with Crippen LogP contribution in [-0.4, -0.2) is 37.9 Å². The summed E-state index contributed by atoms with van der Waals surface area (Å²) >= 11 is 1.41. The molecule has 0 aliphatic carbocycles. The van der Waals surface area contributed by atoms with Gasteiger partial charge in [-0.05, 0) is 32.0 Å². The molecule has 7 heteroatoms. The zero-order valence-corrected chi connectivity index (χ0v) is 17.6. The van der Waals surface area contributed by atoms with Gasteiger partial charge < -0.3 is 14.3 Å². The van der Waals surface area contributed by atoms with E-state index in [0.717, 1.165) is 33.5 Å². The lowest BCUT2D eigenvalue weighted by Crippen LogP contribution is -2.15. The highest BCUT2D eigenvalue weighted by molar-refractivity contribution is 8.00. The molecular weight excluding hydrogens is 384 g/mol. The summed E-state index contributed by atoms with van der Waals surface area (Å²) in [7, 11) is 3.54. The van der Waals surface area contributed by atoms with Crippen LogP contribution in [0.4, 0.5) is 0 Å². The van der Waals surface area contributed by atoms with E-state index in [1.807, 2.05) is 74.0 Å². The van der Waals surface area contributed by atoms with Crippen LogP contribution >= 0.6 is 11.8 Å². The number of para-hydroxylation sites is 2. The highest BCUT2D eigenvalue weighted by Crippen LogP contribution is 2.33. The maximum atomic E-state index is 13.2. The molecule has 0 bridgehead atoms. The van der Waals surface area contributed by atoms with Gasteiger partial charge in [0.2, 0.25) is 0 Å². The predicted octanol–water partition coefficient (Wildman–Crippen LogP) is 4.64. The number of benzene rings is 2. The molecule has 4 rings (SSSR count). The Kier molecular flexibility index (Phi) is 5.15. The maximum absolute atomic E-state index is 13.2. The van der Waals surface area contributed by atoms with E-state index in [4.69, 9.17) is 4.74 Å². The third-order valence-corrected chi connectivity index (χ3v) is 6.11. The standard InChI is InChI=1S/C22H22N4O2S/c1-13-19(15-9-5-7-11-17(15)23-13)20(27)14(2)29-22-25-24-21(26(22)3)16-10-6-8-12-18(16)28-4/h5-12,14,23H,1-4H3/t14-/m1/s1. The number of carbonyl (C=O) groups excluding carboxylic acids is 1. The normalized spacial score (nSPS) is 12.3. The molecular formula is C22H22N4O2S. The number of Topliss-reactive ketones (excluding diaryl/α,β-unsaturated/α-hetero) is 1. The van der Waals surface area contributed by atoms with Crippen molar-refractivity contribution in [1.29, 1.82) is 0 Å². The summed E-state index contributed by atoms with van der Waals surface area (Å²) in [6.45, 7) is 3.85. The third-order valence-electron chi connectivity index (χ3n) is 4.97. The fraction of sp³-hybridized carbons (Fsp3) is 0.227. The lowest BCUT2D eigenvalue weighted by molar-refractivity contribution is 0.0995. The molecule has 0 spiro atoms. The number of hydrogen-bond acceptors (Lipinski definition) is 5. The van der Waals surface area contributed by atoms with Crippen LogP contribution in [0, 0.1) is 6.92 Å². The molecule has 0 aliphatic rings. The Hall–Kier alpha value is -3.06. The minimum Gasteiger partial charge on any atom is -0.496 e. The van der Waals surface area contributed by atoms with E-state index in [1.165, 1.54) is 11.8 Å². The van der Waals surface area contributed by atoms with E-state index in [1.54, 1.807) is 7.11 Å². The molecule has 2 aromatic carbocycles. The van der Waals surface area contributed by atoms with Gasteiger partial charge in [-0.15, -0.1) is 10.2 Å². The number of thioether (sulfide) groups is 1. The molecule has 0 fully saturated rings. The van der Waals surface area contributed by atoms with Crippen LogP contribution in [0.25, 0.3) is 22.3 Å². The number of methoxy groups -OCH3 is 1. The molecule has 0 unspecified atom stereocenters. The van der Waals surface area contributed by atoms with Crippen molar-refractivity contribution >= 4 is 28.4 Å². The van der Waals surface area contributed by atoms with Gasteiger partial charge in [-0.25, -0.2) is 0 Å². The molecule has 29 heavy (non-hydrogen) atoms. The van der Waals surface area contributed by atoms with Crippen LogP contribution in [0.5, 0.6) is 5.75 Å². The second kappa shape index (κ2) is 7.75. The number of nitrogens with zero attached hydrogens (tertiary/aromatic N) is 3. The molecule has 2 aromatic heterocycles. The molecule has 1 N–H and O–H groups in total. The Morgan fingerprint density at radius 1 is 1.14 bits per heavy atom. The molecule has 0 saturated heterocycles. The van der Waals surface area contributed by atoms with E-state index in [9.17, 15) is 4.79 Å². The molecule has 0 radical (unpaired) electrons. The first-order valence-electron chi connectivity index (χ1n) is 9.32. The Labute approximate surface area is 173 Å². The van der Waals surface area contributed by atoms with Gasteiger partial charge in [0.15, 0.2) is 16.8 Å². The molecule has 1 atom stereocenters. The monoisotopic (exact) mass is 406 g/mol. The summed E-state index contributed by atoms with van der Waals surface area (Å²) < 4.78 is 7.34. The second-order valence-corrected chi connectivity index (χ2v) is 8.17. The summed E-state index contributed by atoms with van der Waals surface area (Å²) in [6.07, 6.45) is 0. The second-order valence-electron chi connectivity index (χ2n) is 6.86. The van der Waals surface area contributed by atoms with Crippen molar-refractivity contribution in [2.45, 2.75) is 24.3 Å². The van der Waals surface area contributed by atoms with Crippen LogP contribution in [0.15, 0.2) is 53.7 Å². The van der Waals surface area contributed by atoms with Crippen molar-refractivity contribution in [2.24, 2.45) is 7.05 Å². The van der Waals surface area contributed by atoms with Gasteiger partial charge in [-0.3, -0.25) is 4.79 Å². The minimum absolute atomic E-state index is 0.0757. The first-order chi connectivity index (χ1) is 14.0. The first kappa shape index (κ1) is 19.3. The van der Waals surface area contributed by atoms with Gasteiger partial charge in [0.25, 0.3) is 0 Å². The van der Waals surface area contributed by atoms with Crippen LogP contribution in [0.1, 0.15) is 23.0 Å². The van der Waals surface area contributed by atoms with E-state index in [0.29, 0.717) is 11.0 Å². The van der Waals surface area contributed by atoms with Crippen LogP contribution < -0.4 is 4.74 Å². The zero-order chi connectivity index (χ0) is 20.5. The van der Waals surface area contributed by atoms with Crippen molar-refractivity contribution in [1.82, 2.24) is 19.7 Å². The fourth-order valence-corrected chi connectivity index (χ4v) is 4.36. The average molecular weight is 407 g/mol. The van der Waals surface area contributed by atoms with Gasteiger partial charge in [0.05, 0.1) is 17.9 Å². The number of aromatic nitrogens is 4. The molecule has 4 aromatic rings. The Balaban J connectivity index is 1.62. The molecule has 0 aliphatic heterocycles. The number of ether oxygens (including phenoxy) is 1. The summed E-state index contributed by atoms with van der Waals surface area (Å²) in [5.74, 6) is 1.51. The summed E-state index contributed by atoms with van der Waals surface area (Å²) in [5, 5.41) is 9.98. The number of aryl methyl sites for hydroxylation is 1. The van der Waals surface area contributed by atoms with E-state index in [-0.39, 0.29) is 11.0 Å². The van der Waals surface area contributed by atoms with Crippen molar-refractivity contribution < 1.29 is 9.53 Å². The number of ketones is 1. The smallest absolute Gasteiger partial charge is 0.191 e. The number of aromatic amines is 1. The van der Waals surface area contributed by atoms with Gasteiger partial charge in [0, 0.05) is 29.2 Å². The minimum atomic E-state index is -0.304. The Morgan fingerprint density at radius 2 is 1.86 bits per heavy atom. The summed E-state index contributed by atoms with van der Waals surface area (Å²) in [4.78, 5) is 16.5. The highest BCUT2D eigenvalue weighted by Gasteiger charge is 2.25. The van der Waals surface area contributed by atoms with Gasteiger partial charge >= 0.3 is 0 Å². The number of rotatable bonds is 6. The number of H-pyrrole nitrogens is 1. The van der Waals surface area contributed by atoms with Gasteiger partial charge in [0.1, 0.15) is 5.75 Å². The number of fused-ring (bicyclic) bond motifs is 1. The van der Waals surface area contributed by atoms with Crippen LogP contribution in [-0.2, 0) is 7.05 Å². The number of carbonyl (C=O) groups is 1.